The highest BCUT2D eigenvalue weighted by molar-refractivity contribution is 5.81. The smallest absolute Gasteiger partial charge is 0.338 e. The molecule has 0 amide bonds. The van der Waals surface area contributed by atoms with E-state index in [9.17, 15) is 19.5 Å². The maximum absolute atomic E-state index is 11.7. The van der Waals surface area contributed by atoms with E-state index in [1.165, 1.54) is 0 Å². The number of epoxide rings is 1. The van der Waals surface area contributed by atoms with Gasteiger partial charge in [-0.1, -0.05) is 59.3 Å². The van der Waals surface area contributed by atoms with E-state index in [0.717, 1.165) is 24.8 Å². The average Bonchev–Trinajstić information content (AvgIpc) is 3.45. The van der Waals surface area contributed by atoms with E-state index in [0.29, 0.717) is 25.7 Å². The quantitative estimate of drug-likeness (QED) is 0.259. The Morgan fingerprint density at radius 3 is 1.82 bits per heavy atom. The molecule has 4 unspecified atom stereocenters. The van der Waals surface area contributed by atoms with E-state index < -0.39 is 34.3 Å². The van der Waals surface area contributed by atoms with Crippen LogP contribution in [0.25, 0.3) is 0 Å². The zero-order valence-corrected chi connectivity index (χ0v) is 22.4. The van der Waals surface area contributed by atoms with Crippen molar-refractivity contribution >= 4 is 17.9 Å². The lowest BCUT2D eigenvalue weighted by molar-refractivity contribution is -0.155. The van der Waals surface area contributed by atoms with Gasteiger partial charge in [0.15, 0.2) is 5.60 Å². The fraction of sp³-hybridized carbons (Fsp3) is 0.741. The molecule has 1 aliphatic heterocycles. The largest absolute Gasteiger partial charge is 0.481 e. The Labute approximate surface area is 205 Å². The van der Waals surface area contributed by atoms with Crippen molar-refractivity contribution in [2.24, 2.45) is 16.2 Å². The van der Waals surface area contributed by atoms with Gasteiger partial charge in [-0.25, -0.2) is 4.79 Å². The molecule has 1 aliphatic carbocycles. The van der Waals surface area contributed by atoms with Crippen molar-refractivity contribution < 1.29 is 34.4 Å². The molecule has 1 heterocycles. The summed E-state index contributed by atoms with van der Waals surface area (Å²) in [6.45, 7) is 18.9. The van der Waals surface area contributed by atoms with Crippen LogP contribution in [0.5, 0.6) is 0 Å². The van der Waals surface area contributed by atoms with Crippen LogP contribution in [0.4, 0.5) is 0 Å². The summed E-state index contributed by atoms with van der Waals surface area (Å²) in [7, 11) is 0. The number of hydrogen-bond acceptors (Lipinski definition) is 4. The molecule has 196 valence electrons. The Hall–Kier alpha value is -2.15. The van der Waals surface area contributed by atoms with Gasteiger partial charge >= 0.3 is 17.9 Å². The minimum Gasteiger partial charge on any atom is -0.481 e. The van der Waals surface area contributed by atoms with Crippen molar-refractivity contribution in [2.45, 2.75) is 112 Å². The van der Waals surface area contributed by atoms with Crippen molar-refractivity contribution in [3.8, 4) is 0 Å². The van der Waals surface area contributed by atoms with Gasteiger partial charge in [0.05, 0.1) is 16.9 Å². The summed E-state index contributed by atoms with van der Waals surface area (Å²) < 4.78 is 4.92. The van der Waals surface area contributed by atoms with Gasteiger partial charge < -0.3 is 20.1 Å². The van der Waals surface area contributed by atoms with Crippen LogP contribution in [0.3, 0.4) is 0 Å². The summed E-state index contributed by atoms with van der Waals surface area (Å²) >= 11 is 0. The molecule has 3 N–H and O–H groups in total. The number of ether oxygens (including phenoxy) is 1. The summed E-state index contributed by atoms with van der Waals surface area (Å²) in [5.41, 5.74) is -1.09. The van der Waals surface area contributed by atoms with Crippen molar-refractivity contribution in [2.75, 3.05) is 0 Å². The second kappa shape index (κ2) is 12.5. The molecule has 7 nitrogen and oxygen atoms in total. The first-order valence-corrected chi connectivity index (χ1v) is 12.3. The molecule has 0 aromatic rings. The Bertz CT molecular complexity index is 765. The molecule has 7 heteroatoms. The Morgan fingerprint density at radius 2 is 1.65 bits per heavy atom. The number of hydrogen-bond donors (Lipinski definition) is 3. The molecule has 0 spiro atoms. The van der Waals surface area contributed by atoms with Crippen LogP contribution in [0.15, 0.2) is 24.3 Å². The van der Waals surface area contributed by atoms with E-state index in [4.69, 9.17) is 14.9 Å². The molecule has 1 fully saturated rings. The van der Waals surface area contributed by atoms with E-state index in [1.54, 1.807) is 19.9 Å². The molecule has 0 radical (unpaired) electrons. The first-order chi connectivity index (χ1) is 15.6. The number of aliphatic carboxylic acids is 3. The van der Waals surface area contributed by atoms with Crippen molar-refractivity contribution in [1.82, 2.24) is 0 Å². The highest BCUT2D eigenvalue weighted by Gasteiger charge is 2.58. The molecule has 2 aliphatic rings. The Balaban J connectivity index is 0.000000503. The highest BCUT2D eigenvalue weighted by Crippen LogP contribution is 2.54. The minimum atomic E-state index is -0.836. The van der Waals surface area contributed by atoms with Gasteiger partial charge in [-0.15, -0.1) is 6.58 Å². The third-order valence-corrected chi connectivity index (χ3v) is 7.91. The maximum atomic E-state index is 11.7. The fourth-order valence-electron chi connectivity index (χ4n) is 4.89. The van der Waals surface area contributed by atoms with Gasteiger partial charge in [0, 0.05) is 0 Å². The maximum Gasteiger partial charge on any atom is 0.338 e. The lowest BCUT2D eigenvalue weighted by Crippen LogP contribution is -2.47. The molecule has 4 atom stereocenters. The third-order valence-electron chi connectivity index (χ3n) is 7.91. The zero-order valence-electron chi connectivity index (χ0n) is 22.4. The van der Waals surface area contributed by atoms with Crippen LogP contribution >= 0.6 is 0 Å². The lowest BCUT2D eigenvalue weighted by atomic mass is 9.55. The van der Waals surface area contributed by atoms with Gasteiger partial charge in [-0.2, -0.15) is 0 Å². The van der Waals surface area contributed by atoms with Crippen LogP contribution < -0.4 is 0 Å². The van der Waals surface area contributed by atoms with Crippen molar-refractivity contribution in [3.05, 3.63) is 24.3 Å². The van der Waals surface area contributed by atoms with Gasteiger partial charge in [0.1, 0.15) is 0 Å². The third kappa shape index (κ3) is 6.49. The second-order valence-corrected chi connectivity index (χ2v) is 10.1. The van der Waals surface area contributed by atoms with Gasteiger partial charge in [0.2, 0.25) is 0 Å². The average molecular weight is 483 g/mol. The van der Waals surface area contributed by atoms with E-state index >= 15 is 0 Å². The standard InChI is InChI=1S/C13H22O2.C8H14O2.C6H10O3/c1-5-10-8-7-9-12(3,4)13(10,6-2)11(14)15;1-4-6-8(3,5-2)7(9)10;1-3-6(5(7)8)4(2)9-6/h8H,5-7,9H2,1-4H3,(H,14,15);4H,1,5-6H2,2-3H3,(H,9,10);4H,3H2,1-2H3,(H,7,8). The van der Waals surface area contributed by atoms with Gasteiger partial charge in [-0.3, -0.25) is 9.59 Å². The van der Waals surface area contributed by atoms with Crippen LogP contribution in [0.2, 0.25) is 0 Å². The normalized spacial score (nSPS) is 28.5. The second-order valence-electron chi connectivity index (χ2n) is 10.1. The summed E-state index contributed by atoms with van der Waals surface area (Å²) in [6, 6.07) is 0. The van der Waals surface area contributed by atoms with Crippen LogP contribution in [-0.2, 0) is 19.1 Å². The minimum absolute atomic E-state index is 0.0972. The Morgan fingerprint density at radius 1 is 1.12 bits per heavy atom. The molecule has 0 bridgehead atoms. The predicted molar refractivity (Wildman–Crippen MR) is 134 cm³/mol. The zero-order chi connectivity index (χ0) is 27.0. The summed E-state index contributed by atoms with van der Waals surface area (Å²) in [5, 5.41) is 26.9. The van der Waals surface area contributed by atoms with Crippen LogP contribution in [-0.4, -0.2) is 44.9 Å². The monoisotopic (exact) mass is 482 g/mol. The fourth-order valence-corrected chi connectivity index (χ4v) is 4.89. The summed E-state index contributed by atoms with van der Waals surface area (Å²) in [4.78, 5) is 32.6. The molecule has 34 heavy (non-hydrogen) atoms. The molecule has 0 saturated carbocycles. The number of carboxylic acid groups (broad SMARTS) is 3. The van der Waals surface area contributed by atoms with Crippen LogP contribution in [0, 0.1) is 16.2 Å². The number of rotatable bonds is 9. The Kier molecular flexibility index (Phi) is 11.7. The van der Waals surface area contributed by atoms with E-state index in [2.05, 4.69) is 33.4 Å². The molecule has 1 saturated heterocycles. The first kappa shape index (κ1) is 31.9. The van der Waals surface area contributed by atoms with Gasteiger partial charge in [-0.05, 0) is 64.2 Å². The molecule has 0 aromatic carbocycles. The van der Waals surface area contributed by atoms with Crippen molar-refractivity contribution in [1.29, 1.82) is 0 Å². The summed E-state index contributed by atoms with van der Waals surface area (Å²) in [6.07, 6.45) is 8.97. The van der Waals surface area contributed by atoms with Crippen molar-refractivity contribution in [3.63, 3.8) is 0 Å². The topological polar surface area (TPSA) is 124 Å². The van der Waals surface area contributed by atoms with Gasteiger partial charge in [0.25, 0.3) is 0 Å². The first-order valence-electron chi connectivity index (χ1n) is 12.3. The lowest BCUT2D eigenvalue weighted by Gasteiger charge is -2.47. The predicted octanol–water partition coefficient (Wildman–Crippen LogP) is 6.33. The van der Waals surface area contributed by atoms with E-state index in [1.807, 2.05) is 20.8 Å². The SMILES string of the molecule is C=CCC(C)(CC)C(=O)O.CCC1(C(=O)O)OC1C.CCC1=CCCC(C)(C)C1(CC)C(=O)O. The summed E-state index contributed by atoms with van der Waals surface area (Å²) in [5.74, 6) is -2.23. The number of allylic oxidation sites excluding steroid dienone is 2. The molecular weight excluding hydrogens is 436 g/mol. The van der Waals surface area contributed by atoms with Crippen LogP contribution in [0.1, 0.15) is 100 Å². The highest BCUT2D eigenvalue weighted by atomic mass is 16.6. The molecule has 0 aromatic heterocycles. The molecule has 2 rings (SSSR count). The number of carboxylic acids is 3. The van der Waals surface area contributed by atoms with E-state index in [-0.39, 0.29) is 11.5 Å². The molecular formula is C27H46O7. The number of carbonyl (C=O) groups is 3.